The van der Waals surface area contributed by atoms with Gasteiger partial charge in [0.05, 0.1) is 12.9 Å². The molecule has 3 rings (SSSR count). The number of nitrogens with one attached hydrogen (secondary N) is 1. The molecule has 1 amide bonds. The summed E-state index contributed by atoms with van der Waals surface area (Å²) in [5.74, 6) is 4.05. The van der Waals surface area contributed by atoms with Gasteiger partial charge in [0.1, 0.15) is 5.75 Å². The van der Waals surface area contributed by atoms with Gasteiger partial charge in [0.2, 0.25) is 5.91 Å². The molecule has 6 heteroatoms. The zero-order valence-corrected chi connectivity index (χ0v) is 16.5. The number of carbonyl (C=O) groups is 1. The molecule has 2 saturated heterocycles. The number of piperidine rings is 1. The summed E-state index contributed by atoms with van der Waals surface area (Å²) in [7, 11) is 1.66. The highest BCUT2D eigenvalue weighted by Gasteiger charge is 2.26. The van der Waals surface area contributed by atoms with Crippen molar-refractivity contribution in [1.29, 1.82) is 0 Å². The highest BCUT2D eigenvalue weighted by Crippen LogP contribution is 2.25. The van der Waals surface area contributed by atoms with Crippen molar-refractivity contribution in [2.75, 3.05) is 37.5 Å². The molecular weight excluding hydrogens is 352 g/mol. The summed E-state index contributed by atoms with van der Waals surface area (Å²) in [6.45, 7) is 2.26. The largest absolute Gasteiger partial charge is 0.497 e. The molecule has 2 fully saturated rings. The molecule has 2 aliphatic heterocycles. The van der Waals surface area contributed by atoms with E-state index in [1.165, 1.54) is 24.3 Å². The predicted octanol–water partition coefficient (Wildman–Crippen LogP) is 3.26. The van der Waals surface area contributed by atoms with Gasteiger partial charge >= 0.3 is 0 Å². The SMILES string of the molecule is COc1cccc(SCC(=O)NC2CCN(C3CCSCC3)CC2)c1. The standard InChI is InChI=1S/C19H28N2O2S2/c1-23-17-3-2-4-18(13-17)25-14-19(22)20-15-5-9-21(10-6-15)16-7-11-24-12-8-16/h2-4,13,15-16H,5-12,14H2,1H3,(H,20,22). The Bertz CT molecular complexity index is 556. The molecule has 0 spiro atoms. The third kappa shape index (κ3) is 5.83. The number of carbonyl (C=O) groups excluding carboxylic acids is 1. The number of thioether (sulfide) groups is 2. The Morgan fingerprint density at radius 2 is 2.04 bits per heavy atom. The Balaban J connectivity index is 1.37. The minimum Gasteiger partial charge on any atom is -0.497 e. The second-order valence-corrected chi connectivity index (χ2v) is 8.96. The molecule has 25 heavy (non-hydrogen) atoms. The van der Waals surface area contributed by atoms with E-state index in [-0.39, 0.29) is 5.91 Å². The van der Waals surface area contributed by atoms with Crippen LogP contribution in [0.4, 0.5) is 0 Å². The van der Waals surface area contributed by atoms with Crippen LogP contribution in [0, 0.1) is 0 Å². The summed E-state index contributed by atoms with van der Waals surface area (Å²) in [5.41, 5.74) is 0. The number of methoxy groups -OCH3 is 1. The summed E-state index contributed by atoms with van der Waals surface area (Å²) in [4.78, 5) is 16.0. The Morgan fingerprint density at radius 1 is 1.28 bits per heavy atom. The Hall–Kier alpha value is -0.850. The predicted molar refractivity (Wildman–Crippen MR) is 107 cm³/mol. The quantitative estimate of drug-likeness (QED) is 0.767. The average molecular weight is 381 g/mol. The molecule has 0 radical (unpaired) electrons. The number of nitrogens with zero attached hydrogens (tertiary/aromatic N) is 1. The van der Waals surface area contributed by atoms with Crippen LogP contribution in [0.25, 0.3) is 0 Å². The summed E-state index contributed by atoms with van der Waals surface area (Å²) in [5, 5.41) is 3.22. The fourth-order valence-electron chi connectivity index (χ4n) is 3.57. The molecule has 0 aliphatic carbocycles. The van der Waals surface area contributed by atoms with Gasteiger partial charge in [-0.2, -0.15) is 11.8 Å². The van der Waals surface area contributed by atoms with E-state index in [9.17, 15) is 4.79 Å². The lowest BCUT2D eigenvalue weighted by Gasteiger charge is -2.39. The zero-order valence-electron chi connectivity index (χ0n) is 14.9. The third-order valence-electron chi connectivity index (χ3n) is 5.01. The molecule has 2 aliphatic rings. The van der Waals surface area contributed by atoms with E-state index >= 15 is 0 Å². The van der Waals surface area contributed by atoms with Crippen LogP contribution in [0.5, 0.6) is 5.75 Å². The van der Waals surface area contributed by atoms with Gasteiger partial charge in [-0.3, -0.25) is 4.79 Å². The van der Waals surface area contributed by atoms with Gasteiger partial charge < -0.3 is 15.0 Å². The van der Waals surface area contributed by atoms with E-state index in [0.717, 1.165) is 42.6 Å². The van der Waals surface area contributed by atoms with Gasteiger partial charge in [0, 0.05) is 30.1 Å². The molecule has 4 nitrogen and oxygen atoms in total. The molecule has 0 unspecified atom stereocenters. The van der Waals surface area contributed by atoms with Crippen molar-refractivity contribution in [2.24, 2.45) is 0 Å². The fraction of sp³-hybridized carbons (Fsp3) is 0.632. The lowest BCUT2D eigenvalue weighted by molar-refractivity contribution is -0.119. The Morgan fingerprint density at radius 3 is 2.76 bits per heavy atom. The van der Waals surface area contributed by atoms with E-state index in [4.69, 9.17) is 4.74 Å². The number of ether oxygens (including phenoxy) is 1. The summed E-state index contributed by atoms with van der Waals surface area (Å²) in [6.07, 6.45) is 4.83. The van der Waals surface area contributed by atoms with Crippen LogP contribution in [-0.4, -0.2) is 60.3 Å². The van der Waals surface area contributed by atoms with E-state index in [1.54, 1.807) is 18.9 Å². The summed E-state index contributed by atoms with van der Waals surface area (Å²) < 4.78 is 5.22. The molecule has 1 N–H and O–H groups in total. The zero-order chi connectivity index (χ0) is 17.5. The second kappa shape index (κ2) is 9.74. The van der Waals surface area contributed by atoms with Crippen molar-refractivity contribution in [2.45, 2.75) is 42.7 Å². The maximum Gasteiger partial charge on any atom is 0.230 e. The molecule has 1 aromatic rings. The van der Waals surface area contributed by atoms with Gasteiger partial charge in [-0.15, -0.1) is 11.8 Å². The van der Waals surface area contributed by atoms with Crippen LogP contribution in [0.15, 0.2) is 29.2 Å². The highest BCUT2D eigenvalue weighted by atomic mass is 32.2. The van der Waals surface area contributed by atoms with Gasteiger partial charge in [-0.05, 0) is 55.4 Å². The van der Waals surface area contributed by atoms with Crippen LogP contribution in [-0.2, 0) is 4.79 Å². The van der Waals surface area contributed by atoms with Gasteiger partial charge in [-0.25, -0.2) is 0 Å². The monoisotopic (exact) mass is 380 g/mol. The van der Waals surface area contributed by atoms with Gasteiger partial charge in [0.15, 0.2) is 0 Å². The minimum absolute atomic E-state index is 0.139. The first kappa shape index (κ1) is 18.9. The lowest BCUT2D eigenvalue weighted by Crippen LogP contribution is -2.49. The number of benzene rings is 1. The maximum atomic E-state index is 12.2. The Kier molecular flexibility index (Phi) is 7.37. The van der Waals surface area contributed by atoms with Crippen LogP contribution < -0.4 is 10.1 Å². The van der Waals surface area contributed by atoms with Crippen molar-refractivity contribution in [3.63, 3.8) is 0 Å². The second-order valence-electron chi connectivity index (χ2n) is 6.69. The van der Waals surface area contributed by atoms with Gasteiger partial charge in [-0.1, -0.05) is 6.07 Å². The number of hydrogen-bond acceptors (Lipinski definition) is 5. The molecule has 0 saturated carbocycles. The smallest absolute Gasteiger partial charge is 0.230 e. The average Bonchev–Trinajstić information content (AvgIpc) is 2.68. The maximum absolute atomic E-state index is 12.2. The third-order valence-corrected chi connectivity index (χ3v) is 7.06. The first-order valence-corrected chi connectivity index (χ1v) is 11.3. The normalized spacial score (nSPS) is 20.4. The first-order chi connectivity index (χ1) is 12.2. The molecular formula is C19H28N2O2S2. The van der Waals surface area contributed by atoms with E-state index < -0.39 is 0 Å². The van der Waals surface area contributed by atoms with Crippen LogP contribution in [0.3, 0.4) is 0 Å². The van der Waals surface area contributed by atoms with Crippen molar-refractivity contribution < 1.29 is 9.53 Å². The van der Waals surface area contributed by atoms with Crippen molar-refractivity contribution in [1.82, 2.24) is 10.2 Å². The summed E-state index contributed by atoms with van der Waals surface area (Å²) in [6, 6.07) is 8.98. The van der Waals surface area contributed by atoms with E-state index in [1.807, 2.05) is 24.3 Å². The first-order valence-electron chi connectivity index (χ1n) is 9.12. The molecule has 2 heterocycles. The lowest BCUT2D eigenvalue weighted by atomic mass is 10.0. The Labute approximate surface area is 159 Å². The minimum atomic E-state index is 0.139. The number of likely N-dealkylation sites (tertiary alicyclic amines) is 1. The van der Waals surface area contributed by atoms with Crippen molar-refractivity contribution in [3.8, 4) is 5.75 Å². The number of hydrogen-bond donors (Lipinski definition) is 1. The van der Waals surface area contributed by atoms with E-state index in [2.05, 4.69) is 22.0 Å². The van der Waals surface area contributed by atoms with Crippen LogP contribution in [0.1, 0.15) is 25.7 Å². The van der Waals surface area contributed by atoms with Gasteiger partial charge in [0.25, 0.3) is 0 Å². The van der Waals surface area contributed by atoms with Crippen LogP contribution in [0.2, 0.25) is 0 Å². The topological polar surface area (TPSA) is 41.6 Å². The highest BCUT2D eigenvalue weighted by molar-refractivity contribution is 8.00. The van der Waals surface area contributed by atoms with E-state index in [0.29, 0.717) is 11.8 Å². The summed E-state index contributed by atoms with van der Waals surface area (Å²) >= 11 is 3.65. The molecule has 1 aromatic carbocycles. The molecule has 0 bridgehead atoms. The molecule has 0 aromatic heterocycles. The fourth-order valence-corrected chi connectivity index (χ4v) is 5.41. The molecule has 138 valence electrons. The number of amides is 1. The molecule has 0 atom stereocenters. The van der Waals surface area contributed by atoms with Crippen molar-refractivity contribution in [3.05, 3.63) is 24.3 Å². The number of rotatable bonds is 6. The van der Waals surface area contributed by atoms with Crippen molar-refractivity contribution >= 4 is 29.4 Å². The van der Waals surface area contributed by atoms with Crippen LogP contribution >= 0.6 is 23.5 Å².